The first-order valence-corrected chi connectivity index (χ1v) is 5.20. The summed E-state index contributed by atoms with van der Waals surface area (Å²) in [6, 6.07) is 0.460. The van der Waals surface area contributed by atoms with Gasteiger partial charge in [0.2, 0.25) is 0 Å². The van der Waals surface area contributed by atoms with Gasteiger partial charge in [-0.1, -0.05) is 24.8 Å². The van der Waals surface area contributed by atoms with Gasteiger partial charge in [0.25, 0.3) is 0 Å². The van der Waals surface area contributed by atoms with Crippen molar-refractivity contribution in [2.45, 2.75) is 38.4 Å². The van der Waals surface area contributed by atoms with Crippen LogP contribution in [-0.2, 0) is 0 Å². The van der Waals surface area contributed by atoms with E-state index < -0.39 is 5.67 Å². The first-order valence-electron chi connectivity index (χ1n) is 5.20. The maximum Gasteiger partial charge on any atom is 0.136 e. The van der Waals surface area contributed by atoms with E-state index in [4.69, 9.17) is 0 Å². The van der Waals surface area contributed by atoms with Crippen molar-refractivity contribution in [3.63, 3.8) is 0 Å². The highest BCUT2D eigenvalue weighted by Crippen LogP contribution is 2.32. The van der Waals surface area contributed by atoms with Crippen LogP contribution in [-0.4, -0.2) is 29.7 Å². The van der Waals surface area contributed by atoms with Crippen LogP contribution in [0.15, 0.2) is 24.8 Å². The average Bonchev–Trinajstić information content (AvgIpc) is 2.09. The van der Waals surface area contributed by atoms with Crippen LogP contribution in [0, 0.1) is 0 Å². The Morgan fingerprint density at radius 2 is 2.14 bits per heavy atom. The molecule has 14 heavy (non-hydrogen) atoms. The predicted molar refractivity (Wildman–Crippen MR) is 59.1 cm³/mol. The van der Waals surface area contributed by atoms with E-state index in [9.17, 15) is 4.39 Å². The van der Waals surface area contributed by atoms with E-state index in [2.05, 4.69) is 31.9 Å². The highest BCUT2D eigenvalue weighted by atomic mass is 19.1. The van der Waals surface area contributed by atoms with Gasteiger partial charge in [0.1, 0.15) is 5.67 Å². The maximum absolute atomic E-state index is 13.9. The fourth-order valence-corrected chi connectivity index (χ4v) is 1.69. The lowest BCUT2D eigenvalue weighted by Gasteiger charge is -2.47. The van der Waals surface area contributed by atoms with Crippen molar-refractivity contribution < 1.29 is 4.39 Å². The lowest BCUT2D eigenvalue weighted by molar-refractivity contribution is -0.0542. The zero-order valence-electron chi connectivity index (χ0n) is 9.22. The van der Waals surface area contributed by atoms with E-state index in [1.54, 1.807) is 6.08 Å². The van der Waals surface area contributed by atoms with Gasteiger partial charge in [-0.15, -0.1) is 0 Å². The van der Waals surface area contributed by atoms with Crippen molar-refractivity contribution in [2.24, 2.45) is 0 Å². The van der Waals surface area contributed by atoms with E-state index in [1.807, 2.05) is 0 Å². The lowest BCUT2D eigenvalue weighted by Crippen LogP contribution is -2.61. The van der Waals surface area contributed by atoms with E-state index in [1.165, 1.54) is 0 Å². The Morgan fingerprint density at radius 1 is 1.57 bits per heavy atom. The van der Waals surface area contributed by atoms with Crippen molar-refractivity contribution in [1.82, 2.24) is 4.90 Å². The minimum atomic E-state index is -0.976. The van der Waals surface area contributed by atoms with Crippen LogP contribution in [0.25, 0.3) is 0 Å². The summed E-state index contributed by atoms with van der Waals surface area (Å²) in [5.74, 6) is 0. The number of nitrogens with zero attached hydrogens (tertiary/aromatic N) is 1. The molecule has 0 radical (unpaired) electrons. The third-order valence-electron chi connectivity index (χ3n) is 2.89. The number of alkyl halides is 1. The standard InChI is InChI=1S/C12H20FN/c1-5-11(4)6-7-12(13)8-14(9-12)10(2)3/h5,10H,1,4,6-9H2,2-3H3. The van der Waals surface area contributed by atoms with Gasteiger partial charge < -0.3 is 0 Å². The smallest absolute Gasteiger partial charge is 0.136 e. The molecule has 0 saturated carbocycles. The molecule has 80 valence electrons. The molecule has 1 heterocycles. The van der Waals surface area contributed by atoms with Crippen molar-refractivity contribution in [3.05, 3.63) is 24.8 Å². The van der Waals surface area contributed by atoms with Crippen LogP contribution in [0.3, 0.4) is 0 Å². The van der Waals surface area contributed by atoms with E-state index in [-0.39, 0.29) is 0 Å². The summed E-state index contributed by atoms with van der Waals surface area (Å²) in [6.45, 7) is 12.8. The number of allylic oxidation sites excluding steroid dienone is 2. The minimum Gasteiger partial charge on any atom is -0.294 e. The van der Waals surface area contributed by atoms with E-state index >= 15 is 0 Å². The molecule has 0 bridgehead atoms. The van der Waals surface area contributed by atoms with Gasteiger partial charge in [0.05, 0.1) is 0 Å². The molecule has 0 amide bonds. The second-order valence-electron chi connectivity index (χ2n) is 4.51. The molecular weight excluding hydrogens is 177 g/mol. The first kappa shape index (κ1) is 11.4. The molecule has 1 aliphatic rings. The van der Waals surface area contributed by atoms with Crippen molar-refractivity contribution in [1.29, 1.82) is 0 Å². The monoisotopic (exact) mass is 197 g/mol. The first-order chi connectivity index (χ1) is 6.47. The van der Waals surface area contributed by atoms with Crippen LogP contribution in [0.5, 0.6) is 0 Å². The molecule has 0 unspecified atom stereocenters. The average molecular weight is 197 g/mol. The molecule has 1 aliphatic heterocycles. The zero-order valence-corrected chi connectivity index (χ0v) is 9.22. The zero-order chi connectivity index (χ0) is 10.8. The molecular formula is C12H20FN. The van der Waals surface area contributed by atoms with Crippen LogP contribution in [0.2, 0.25) is 0 Å². The van der Waals surface area contributed by atoms with Gasteiger partial charge >= 0.3 is 0 Å². The summed E-state index contributed by atoms with van der Waals surface area (Å²) in [5, 5.41) is 0. The second-order valence-corrected chi connectivity index (χ2v) is 4.51. The molecule has 0 N–H and O–H groups in total. The molecule has 0 aliphatic carbocycles. The number of halogens is 1. The third kappa shape index (κ3) is 2.68. The molecule has 0 spiro atoms. The number of rotatable bonds is 5. The van der Waals surface area contributed by atoms with E-state index in [0.29, 0.717) is 25.6 Å². The summed E-state index contributed by atoms with van der Waals surface area (Å²) >= 11 is 0. The van der Waals surface area contributed by atoms with Crippen LogP contribution in [0.1, 0.15) is 26.7 Å². The molecule has 1 nitrogen and oxygen atoms in total. The quantitative estimate of drug-likeness (QED) is 0.612. The Hall–Kier alpha value is -0.630. The Morgan fingerprint density at radius 3 is 2.57 bits per heavy atom. The summed E-state index contributed by atoms with van der Waals surface area (Å²) < 4.78 is 13.9. The van der Waals surface area contributed by atoms with Gasteiger partial charge in [-0.25, -0.2) is 4.39 Å². The van der Waals surface area contributed by atoms with Crippen molar-refractivity contribution >= 4 is 0 Å². The summed E-state index contributed by atoms with van der Waals surface area (Å²) in [4.78, 5) is 2.15. The summed E-state index contributed by atoms with van der Waals surface area (Å²) in [6.07, 6.45) is 3.02. The predicted octanol–water partition coefficient (Wildman–Crippen LogP) is 2.94. The highest BCUT2D eigenvalue weighted by Gasteiger charge is 2.43. The fraction of sp³-hybridized carbons (Fsp3) is 0.667. The highest BCUT2D eigenvalue weighted by molar-refractivity contribution is 5.12. The van der Waals surface area contributed by atoms with Gasteiger partial charge in [-0.3, -0.25) is 4.90 Å². The second kappa shape index (κ2) is 4.26. The molecule has 1 fully saturated rings. The molecule has 0 aromatic rings. The van der Waals surface area contributed by atoms with Gasteiger partial charge in [0.15, 0.2) is 0 Å². The van der Waals surface area contributed by atoms with Crippen molar-refractivity contribution in [2.75, 3.05) is 13.1 Å². The summed E-state index contributed by atoms with van der Waals surface area (Å²) in [5.41, 5.74) is -0.0408. The van der Waals surface area contributed by atoms with Crippen molar-refractivity contribution in [3.8, 4) is 0 Å². The van der Waals surface area contributed by atoms with Gasteiger partial charge in [-0.05, 0) is 26.7 Å². The van der Waals surface area contributed by atoms with Crippen LogP contribution < -0.4 is 0 Å². The van der Waals surface area contributed by atoms with Gasteiger partial charge in [-0.2, -0.15) is 0 Å². The SMILES string of the molecule is C=CC(=C)CCC1(F)CN(C(C)C)C1. The van der Waals surface area contributed by atoms with E-state index in [0.717, 1.165) is 12.0 Å². The molecule has 0 aromatic carbocycles. The molecule has 0 atom stereocenters. The van der Waals surface area contributed by atoms with Crippen LogP contribution in [0.4, 0.5) is 4.39 Å². The summed E-state index contributed by atoms with van der Waals surface area (Å²) in [7, 11) is 0. The largest absolute Gasteiger partial charge is 0.294 e. The lowest BCUT2D eigenvalue weighted by atomic mass is 9.88. The Labute approximate surface area is 86.3 Å². The fourth-order valence-electron chi connectivity index (χ4n) is 1.69. The Balaban J connectivity index is 2.27. The molecule has 2 heteroatoms. The molecule has 0 aromatic heterocycles. The van der Waals surface area contributed by atoms with Gasteiger partial charge in [0, 0.05) is 19.1 Å². The minimum absolute atomic E-state index is 0.460. The third-order valence-corrected chi connectivity index (χ3v) is 2.89. The normalized spacial score (nSPS) is 20.6. The molecule has 1 saturated heterocycles. The van der Waals surface area contributed by atoms with Crippen LogP contribution >= 0.6 is 0 Å². The molecule has 1 rings (SSSR count). The Kier molecular flexibility index (Phi) is 3.48. The maximum atomic E-state index is 13.9. The number of hydrogen-bond donors (Lipinski definition) is 0. The number of likely N-dealkylation sites (tertiary alicyclic amines) is 1. The Bertz CT molecular complexity index is 226. The number of hydrogen-bond acceptors (Lipinski definition) is 1. The topological polar surface area (TPSA) is 3.24 Å².